The summed E-state index contributed by atoms with van der Waals surface area (Å²) in [4.78, 5) is 19.0. The van der Waals surface area contributed by atoms with E-state index in [1.54, 1.807) is 11.3 Å². The summed E-state index contributed by atoms with van der Waals surface area (Å²) < 4.78 is 5.89. The van der Waals surface area contributed by atoms with E-state index in [9.17, 15) is 4.79 Å². The van der Waals surface area contributed by atoms with E-state index in [4.69, 9.17) is 4.74 Å². The van der Waals surface area contributed by atoms with Crippen LogP contribution in [0.25, 0.3) is 0 Å². The first kappa shape index (κ1) is 20.4. The number of amides is 1. The second kappa shape index (κ2) is 9.17. The molecule has 1 aromatic carbocycles. The summed E-state index contributed by atoms with van der Waals surface area (Å²) in [5.41, 5.74) is 3.31. The lowest BCUT2D eigenvalue weighted by Gasteiger charge is -2.26. The molecule has 26 heavy (non-hydrogen) atoms. The van der Waals surface area contributed by atoms with Crippen LogP contribution >= 0.6 is 11.3 Å². The predicted octanol–water partition coefficient (Wildman–Crippen LogP) is 5.12. The number of nitrogens with zero attached hydrogens (tertiary/aromatic N) is 2. The van der Waals surface area contributed by atoms with Gasteiger partial charge in [0.2, 0.25) is 5.91 Å². The minimum Gasteiger partial charge on any atom is -0.486 e. The molecule has 1 heterocycles. The lowest BCUT2D eigenvalue weighted by molar-refractivity contribution is -0.134. The number of aryl methyl sites for hydroxylation is 2. The number of hydrogen-bond donors (Lipinski definition) is 0. The number of carbonyl (C=O) groups is 1. The number of aromatic nitrogens is 1. The molecule has 0 saturated heterocycles. The molecule has 0 saturated carbocycles. The third kappa shape index (κ3) is 6.13. The van der Waals surface area contributed by atoms with E-state index in [1.165, 1.54) is 11.1 Å². The minimum atomic E-state index is 0.165. The van der Waals surface area contributed by atoms with Gasteiger partial charge in [-0.1, -0.05) is 19.9 Å². The Labute approximate surface area is 161 Å². The molecule has 0 aliphatic rings. The molecule has 0 aliphatic carbocycles. The summed E-state index contributed by atoms with van der Waals surface area (Å²) in [5, 5.41) is 2.96. The Kier molecular flexibility index (Phi) is 7.21. The van der Waals surface area contributed by atoms with Crippen LogP contribution in [0.1, 0.15) is 55.9 Å². The maximum absolute atomic E-state index is 12.5. The number of benzene rings is 1. The van der Waals surface area contributed by atoms with E-state index >= 15 is 0 Å². The monoisotopic (exact) mass is 374 g/mol. The Morgan fingerprint density at radius 2 is 1.81 bits per heavy atom. The predicted molar refractivity (Wildman–Crippen MR) is 108 cm³/mol. The average molecular weight is 375 g/mol. The van der Waals surface area contributed by atoms with Crippen molar-refractivity contribution < 1.29 is 9.53 Å². The molecule has 0 fully saturated rings. The highest BCUT2D eigenvalue weighted by Crippen LogP contribution is 2.20. The first-order valence-corrected chi connectivity index (χ1v) is 10.1. The van der Waals surface area contributed by atoms with Crippen molar-refractivity contribution in [2.24, 2.45) is 5.92 Å². The molecule has 5 heteroatoms. The van der Waals surface area contributed by atoms with Crippen molar-refractivity contribution in [2.45, 2.75) is 67.2 Å². The molecule has 142 valence electrons. The molecular weight excluding hydrogens is 344 g/mol. The molecule has 0 atom stereocenters. The van der Waals surface area contributed by atoms with Crippen molar-refractivity contribution in [3.63, 3.8) is 0 Å². The van der Waals surface area contributed by atoms with E-state index in [0.29, 0.717) is 25.5 Å². The zero-order valence-electron chi connectivity index (χ0n) is 16.7. The highest BCUT2D eigenvalue weighted by Gasteiger charge is 2.19. The number of thiazole rings is 1. The first-order valence-electron chi connectivity index (χ1n) is 9.18. The highest BCUT2D eigenvalue weighted by molar-refractivity contribution is 7.09. The van der Waals surface area contributed by atoms with E-state index in [2.05, 4.69) is 52.6 Å². The van der Waals surface area contributed by atoms with Crippen LogP contribution in [0.5, 0.6) is 5.75 Å². The number of hydrogen-bond acceptors (Lipinski definition) is 4. The van der Waals surface area contributed by atoms with Crippen LogP contribution in [-0.2, 0) is 17.9 Å². The van der Waals surface area contributed by atoms with Gasteiger partial charge in [0.05, 0.1) is 12.2 Å². The third-order valence-corrected chi connectivity index (χ3v) is 4.89. The Morgan fingerprint density at radius 1 is 1.15 bits per heavy atom. The fourth-order valence-corrected chi connectivity index (χ4v) is 3.55. The van der Waals surface area contributed by atoms with Gasteiger partial charge in [-0.15, -0.1) is 11.3 Å². The summed E-state index contributed by atoms with van der Waals surface area (Å²) in [6.45, 7) is 13.4. The average Bonchev–Trinajstić information content (AvgIpc) is 2.96. The molecule has 4 nitrogen and oxygen atoms in total. The quantitative estimate of drug-likeness (QED) is 0.644. The van der Waals surface area contributed by atoms with E-state index in [-0.39, 0.29) is 11.9 Å². The summed E-state index contributed by atoms with van der Waals surface area (Å²) in [7, 11) is 0. The molecule has 0 bridgehead atoms. The zero-order valence-corrected chi connectivity index (χ0v) is 17.5. The van der Waals surface area contributed by atoms with Crippen LogP contribution in [0, 0.1) is 19.8 Å². The van der Waals surface area contributed by atoms with Gasteiger partial charge in [0.15, 0.2) is 0 Å². The Morgan fingerprint density at radius 3 is 2.38 bits per heavy atom. The van der Waals surface area contributed by atoms with Crippen molar-refractivity contribution in [3.05, 3.63) is 45.4 Å². The van der Waals surface area contributed by atoms with Gasteiger partial charge in [0.1, 0.15) is 17.4 Å². The molecule has 0 N–H and O–H groups in total. The van der Waals surface area contributed by atoms with Crippen LogP contribution in [0.4, 0.5) is 0 Å². The molecular formula is C21H30N2O2S. The second-order valence-electron chi connectivity index (χ2n) is 7.56. The Bertz CT molecular complexity index is 717. The molecule has 0 unspecified atom stereocenters. The lowest BCUT2D eigenvalue weighted by Crippen LogP contribution is -2.37. The number of rotatable bonds is 8. The van der Waals surface area contributed by atoms with Crippen LogP contribution < -0.4 is 4.74 Å². The first-order chi connectivity index (χ1) is 12.2. The van der Waals surface area contributed by atoms with Crippen LogP contribution in [0.15, 0.2) is 23.6 Å². The normalized spacial score (nSPS) is 11.2. The van der Waals surface area contributed by atoms with E-state index in [1.807, 2.05) is 22.4 Å². The van der Waals surface area contributed by atoms with Gasteiger partial charge in [-0.05, 0) is 56.9 Å². The standard InChI is InChI=1S/C21H30N2O2S/c1-14(2)7-21(24)23(15(3)4)11-18-13-26-20(22-18)12-25-19-9-16(5)8-17(6)10-19/h8-10,13-15H,7,11-12H2,1-6H3. The van der Waals surface area contributed by atoms with Crippen LogP contribution in [0.3, 0.4) is 0 Å². The number of ether oxygens (including phenoxy) is 1. The fraction of sp³-hybridized carbons (Fsp3) is 0.524. The fourth-order valence-electron chi connectivity index (χ4n) is 2.85. The van der Waals surface area contributed by atoms with Gasteiger partial charge in [0, 0.05) is 17.8 Å². The second-order valence-corrected chi connectivity index (χ2v) is 8.50. The van der Waals surface area contributed by atoms with Gasteiger partial charge < -0.3 is 9.64 Å². The molecule has 2 aromatic rings. The minimum absolute atomic E-state index is 0.165. The van der Waals surface area contributed by atoms with Crippen molar-refractivity contribution in [3.8, 4) is 5.75 Å². The summed E-state index contributed by atoms with van der Waals surface area (Å²) >= 11 is 1.58. The molecule has 0 radical (unpaired) electrons. The van der Waals surface area contributed by atoms with Gasteiger partial charge in [-0.3, -0.25) is 4.79 Å². The van der Waals surface area contributed by atoms with Gasteiger partial charge >= 0.3 is 0 Å². The van der Waals surface area contributed by atoms with E-state index < -0.39 is 0 Å². The largest absolute Gasteiger partial charge is 0.486 e. The maximum Gasteiger partial charge on any atom is 0.223 e. The maximum atomic E-state index is 12.5. The topological polar surface area (TPSA) is 42.4 Å². The van der Waals surface area contributed by atoms with Gasteiger partial charge in [0.25, 0.3) is 0 Å². The molecule has 0 aliphatic heterocycles. The summed E-state index contributed by atoms with van der Waals surface area (Å²) in [6.07, 6.45) is 0.574. The zero-order chi connectivity index (χ0) is 19.3. The SMILES string of the molecule is Cc1cc(C)cc(OCc2nc(CN(C(=O)CC(C)C)C(C)C)cs2)c1. The van der Waals surface area contributed by atoms with Gasteiger partial charge in [-0.2, -0.15) is 0 Å². The molecule has 2 rings (SSSR count). The molecule has 1 aromatic heterocycles. The molecule has 1 amide bonds. The summed E-state index contributed by atoms with van der Waals surface area (Å²) in [5.74, 6) is 1.42. The highest BCUT2D eigenvalue weighted by atomic mass is 32.1. The van der Waals surface area contributed by atoms with Crippen molar-refractivity contribution in [2.75, 3.05) is 0 Å². The lowest BCUT2D eigenvalue weighted by atomic mass is 10.1. The van der Waals surface area contributed by atoms with Gasteiger partial charge in [-0.25, -0.2) is 4.98 Å². The smallest absolute Gasteiger partial charge is 0.223 e. The summed E-state index contributed by atoms with van der Waals surface area (Å²) in [6, 6.07) is 6.36. The van der Waals surface area contributed by atoms with Crippen molar-refractivity contribution >= 4 is 17.2 Å². The third-order valence-electron chi connectivity index (χ3n) is 4.02. The van der Waals surface area contributed by atoms with Crippen molar-refractivity contribution in [1.82, 2.24) is 9.88 Å². The number of carbonyl (C=O) groups excluding carboxylic acids is 1. The van der Waals surface area contributed by atoms with Crippen LogP contribution in [-0.4, -0.2) is 21.8 Å². The Balaban J connectivity index is 1.98. The molecule has 0 spiro atoms. The van der Waals surface area contributed by atoms with E-state index in [0.717, 1.165) is 16.5 Å². The van der Waals surface area contributed by atoms with Crippen molar-refractivity contribution in [1.29, 1.82) is 0 Å². The Hall–Kier alpha value is -1.88. The van der Waals surface area contributed by atoms with Crippen LogP contribution in [0.2, 0.25) is 0 Å².